The molecule has 0 radical (unpaired) electrons. The number of nitrogens with zero attached hydrogens (tertiary/aromatic N) is 2. The molecule has 92 valence electrons. The van der Waals surface area contributed by atoms with Crippen LogP contribution in [0, 0.1) is 0 Å². The lowest BCUT2D eigenvalue weighted by molar-refractivity contribution is 0.559. The van der Waals surface area contributed by atoms with Crippen molar-refractivity contribution in [1.82, 2.24) is 20.5 Å². The van der Waals surface area contributed by atoms with E-state index in [1.165, 1.54) is 9.35 Å². The molecule has 2 aromatic rings. The van der Waals surface area contributed by atoms with Gasteiger partial charge in [0.2, 0.25) is 0 Å². The highest BCUT2D eigenvalue weighted by atomic mass is 79.9. The van der Waals surface area contributed by atoms with Crippen LogP contribution < -0.4 is 5.32 Å². The summed E-state index contributed by atoms with van der Waals surface area (Å²) >= 11 is 5.33. The molecule has 17 heavy (non-hydrogen) atoms. The summed E-state index contributed by atoms with van der Waals surface area (Å²) in [5.74, 6) is 0.955. The summed E-state index contributed by atoms with van der Waals surface area (Å²) in [6.45, 7) is 3.16. The molecule has 2 heterocycles. The Morgan fingerprint density at radius 2 is 2.47 bits per heavy atom. The fourth-order valence-electron chi connectivity index (χ4n) is 1.63. The van der Waals surface area contributed by atoms with Gasteiger partial charge in [-0.3, -0.25) is 5.10 Å². The highest BCUT2D eigenvalue weighted by Gasteiger charge is 2.09. The minimum absolute atomic E-state index is 0.388. The van der Waals surface area contributed by atoms with Crippen molar-refractivity contribution in [2.75, 3.05) is 6.54 Å². The Hall–Kier alpha value is -0.720. The molecule has 0 aromatic carbocycles. The second-order valence-electron chi connectivity index (χ2n) is 3.84. The first kappa shape index (κ1) is 12.7. The van der Waals surface area contributed by atoms with Crippen molar-refractivity contribution in [1.29, 1.82) is 0 Å². The summed E-state index contributed by atoms with van der Waals surface area (Å²) in [5.41, 5.74) is 0. The van der Waals surface area contributed by atoms with Crippen molar-refractivity contribution in [3.05, 3.63) is 32.9 Å². The number of rotatable bonds is 6. The highest BCUT2D eigenvalue weighted by molar-refractivity contribution is 9.10. The molecular formula is C11H15BrN4S. The first-order chi connectivity index (χ1) is 8.27. The van der Waals surface area contributed by atoms with Crippen molar-refractivity contribution >= 4 is 27.3 Å². The lowest BCUT2D eigenvalue weighted by Crippen LogP contribution is -2.19. The van der Waals surface area contributed by atoms with Crippen molar-refractivity contribution in [3.63, 3.8) is 0 Å². The van der Waals surface area contributed by atoms with Gasteiger partial charge in [-0.05, 0) is 47.3 Å². The van der Waals surface area contributed by atoms with E-state index in [4.69, 9.17) is 0 Å². The van der Waals surface area contributed by atoms with Gasteiger partial charge in [-0.15, -0.1) is 11.3 Å². The van der Waals surface area contributed by atoms with Crippen LogP contribution in [0.5, 0.6) is 0 Å². The second kappa shape index (κ2) is 6.28. The molecule has 1 atom stereocenters. The number of thiophene rings is 1. The van der Waals surface area contributed by atoms with E-state index in [2.05, 4.69) is 54.8 Å². The number of aromatic nitrogens is 3. The maximum absolute atomic E-state index is 4.10. The van der Waals surface area contributed by atoms with Gasteiger partial charge in [-0.25, -0.2) is 4.98 Å². The van der Waals surface area contributed by atoms with Gasteiger partial charge in [0.1, 0.15) is 12.2 Å². The Bertz CT molecular complexity index is 440. The van der Waals surface area contributed by atoms with Gasteiger partial charge in [-0.2, -0.15) is 5.10 Å². The molecule has 6 heteroatoms. The Morgan fingerprint density at radius 3 is 3.12 bits per heavy atom. The van der Waals surface area contributed by atoms with Crippen molar-refractivity contribution in [2.24, 2.45) is 0 Å². The van der Waals surface area contributed by atoms with Gasteiger partial charge in [0.05, 0.1) is 0 Å². The van der Waals surface area contributed by atoms with Crippen molar-refractivity contribution < 1.29 is 0 Å². The zero-order valence-corrected chi connectivity index (χ0v) is 12.0. The van der Waals surface area contributed by atoms with Gasteiger partial charge < -0.3 is 5.32 Å². The molecule has 0 aliphatic heterocycles. The van der Waals surface area contributed by atoms with Gasteiger partial charge >= 0.3 is 0 Å². The average Bonchev–Trinajstić information content (AvgIpc) is 2.95. The fraction of sp³-hybridized carbons (Fsp3) is 0.455. The van der Waals surface area contributed by atoms with E-state index < -0.39 is 0 Å². The predicted octanol–water partition coefficient (Wildman–Crippen LogP) is 2.91. The van der Waals surface area contributed by atoms with Crippen LogP contribution in [0.25, 0.3) is 0 Å². The Balaban J connectivity index is 1.70. The Morgan fingerprint density at radius 1 is 1.59 bits per heavy atom. The van der Waals surface area contributed by atoms with Crippen LogP contribution in [-0.2, 0) is 6.42 Å². The molecule has 0 fully saturated rings. The average molecular weight is 315 g/mol. The third-order valence-electron chi connectivity index (χ3n) is 2.54. The number of nitrogens with one attached hydrogen (secondary N) is 2. The first-order valence-electron chi connectivity index (χ1n) is 5.58. The molecule has 4 nitrogen and oxygen atoms in total. The number of hydrogen-bond acceptors (Lipinski definition) is 4. The van der Waals surface area contributed by atoms with Crippen LogP contribution >= 0.6 is 27.3 Å². The molecule has 2 N–H and O–H groups in total. The van der Waals surface area contributed by atoms with Gasteiger partial charge in [-0.1, -0.05) is 0 Å². The minimum Gasteiger partial charge on any atom is -0.309 e. The normalized spacial score (nSPS) is 12.8. The van der Waals surface area contributed by atoms with Gasteiger partial charge in [0.25, 0.3) is 0 Å². The Labute approximate surface area is 113 Å². The van der Waals surface area contributed by atoms with E-state index in [0.29, 0.717) is 6.04 Å². The zero-order chi connectivity index (χ0) is 12.1. The van der Waals surface area contributed by atoms with E-state index in [1.807, 2.05) is 0 Å². The summed E-state index contributed by atoms with van der Waals surface area (Å²) in [4.78, 5) is 5.45. The topological polar surface area (TPSA) is 53.6 Å². The summed E-state index contributed by atoms with van der Waals surface area (Å²) in [6, 6.07) is 2.48. The lowest BCUT2D eigenvalue weighted by atomic mass is 10.2. The summed E-state index contributed by atoms with van der Waals surface area (Å²) < 4.78 is 1.19. The van der Waals surface area contributed by atoms with Gasteiger partial charge in [0, 0.05) is 21.8 Å². The van der Waals surface area contributed by atoms with Crippen molar-refractivity contribution in [3.8, 4) is 0 Å². The predicted molar refractivity (Wildman–Crippen MR) is 73.1 cm³/mol. The van der Waals surface area contributed by atoms with Crippen LogP contribution in [0.2, 0.25) is 0 Å². The van der Waals surface area contributed by atoms with E-state index >= 15 is 0 Å². The number of aromatic amines is 1. The minimum atomic E-state index is 0.388. The SMILES string of the molecule is CC(NCCCc1ncn[nH]1)c1sccc1Br. The number of aryl methyl sites for hydroxylation is 1. The monoisotopic (exact) mass is 314 g/mol. The maximum Gasteiger partial charge on any atom is 0.137 e. The molecule has 1 unspecified atom stereocenters. The highest BCUT2D eigenvalue weighted by Crippen LogP contribution is 2.28. The zero-order valence-electron chi connectivity index (χ0n) is 9.61. The van der Waals surface area contributed by atoms with E-state index in [-0.39, 0.29) is 0 Å². The summed E-state index contributed by atoms with van der Waals surface area (Å²) in [6.07, 6.45) is 3.54. The third-order valence-corrected chi connectivity index (χ3v) is 4.60. The second-order valence-corrected chi connectivity index (χ2v) is 5.65. The van der Waals surface area contributed by atoms with E-state index in [9.17, 15) is 0 Å². The fourth-order valence-corrected chi connectivity index (χ4v) is 3.38. The Kier molecular flexibility index (Phi) is 4.70. The molecule has 0 saturated heterocycles. The first-order valence-corrected chi connectivity index (χ1v) is 7.25. The molecule has 0 aliphatic carbocycles. The number of hydrogen-bond donors (Lipinski definition) is 2. The van der Waals surface area contributed by atoms with Crippen LogP contribution in [0.4, 0.5) is 0 Å². The standard InChI is InChI=1S/C11H15BrN4S/c1-8(11-9(12)4-6-17-11)13-5-2-3-10-14-7-15-16-10/h4,6-8,13H,2-3,5H2,1H3,(H,14,15,16). The smallest absolute Gasteiger partial charge is 0.137 e. The van der Waals surface area contributed by atoms with Crippen LogP contribution in [0.15, 0.2) is 22.2 Å². The van der Waals surface area contributed by atoms with E-state index in [0.717, 1.165) is 25.2 Å². The van der Waals surface area contributed by atoms with Crippen LogP contribution in [0.3, 0.4) is 0 Å². The van der Waals surface area contributed by atoms with E-state index in [1.54, 1.807) is 17.7 Å². The summed E-state index contributed by atoms with van der Waals surface area (Å²) in [7, 11) is 0. The largest absolute Gasteiger partial charge is 0.309 e. The summed E-state index contributed by atoms with van der Waals surface area (Å²) in [5, 5.41) is 12.3. The lowest BCUT2D eigenvalue weighted by Gasteiger charge is -2.12. The van der Waals surface area contributed by atoms with Crippen LogP contribution in [-0.4, -0.2) is 21.7 Å². The maximum atomic E-state index is 4.10. The van der Waals surface area contributed by atoms with Crippen LogP contribution in [0.1, 0.15) is 30.1 Å². The molecule has 0 amide bonds. The van der Waals surface area contributed by atoms with Crippen molar-refractivity contribution in [2.45, 2.75) is 25.8 Å². The number of H-pyrrole nitrogens is 1. The molecule has 0 bridgehead atoms. The third kappa shape index (κ3) is 3.62. The molecule has 2 rings (SSSR count). The molecule has 0 saturated carbocycles. The number of halogens is 1. The molecule has 0 aliphatic rings. The molecule has 0 spiro atoms. The quantitative estimate of drug-likeness (QED) is 0.806. The molecule has 2 aromatic heterocycles. The molecular weight excluding hydrogens is 300 g/mol. The van der Waals surface area contributed by atoms with Gasteiger partial charge in [0.15, 0.2) is 0 Å².